The lowest BCUT2D eigenvalue weighted by Crippen LogP contribution is -2.54. The molecule has 0 spiro atoms. The van der Waals surface area contributed by atoms with Gasteiger partial charge in [0.05, 0.1) is 10.2 Å². The topological polar surface area (TPSA) is 75.7 Å². The van der Waals surface area contributed by atoms with E-state index in [0.29, 0.717) is 27.9 Å². The van der Waals surface area contributed by atoms with E-state index in [0.717, 1.165) is 28.0 Å². The highest BCUT2D eigenvalue weighted by Crippen LogP contribution is 2.33. The van der Waals surface area contributed by atoms with E-state index >= 15 is 0 Å². The van der Waals surface area contributed by atoms with Crippen molar-refractivity contribution in [2.24, 2.45) is 0 Å². The number of carbonyl (C=O) groups is 3. The summed E-state index contributed by atoms with van der Waals surface area (Å²) in [6, 6.07) is 15.8. The van der Waals surface area contributed by atoms with Crippen LogP contribution in [0.25, 0.3) is 6.08 Å². The number of aryl methyl sites for hydroxylation is 1. The first kappa shape index (κ1) is 26.0. The van der Waals surface area contributed by atoms with Crippen molar-refractivity contribution < 1.29 is 23.5 Å². The highest BCUT2D eigenvalue weighted by molar-refractivity contribution is 9.10. The van der Waals surface area contributed by atoms with Crippen LogP contribution in [-0.4, -0.2) is 17.8 Å². The molecule has 1 N–H and O–H groups in total. The monoisotopic (exact) mass is 562 g/mol. The maximum atomic E-state index is 13.2. The van der Waals surface area contributed by atoms with Crippen molar-refractivity contribution in [2.45, 2.75) is 26.4 Å². The number of hydrogen-bond acceptors (Lipinski definition) is 4. The predicted octanol–water partition coefficient (Wildman–Crippen LogP) is 6.12. The molecule has 188 valence electrons. The number of allylic oxidation sites excluding steroid dienone is 1. The zero-order valence-corrected chi connectivity index (χ0v) is 21.7. The van der Waals surface area contributed by atoms with Gasteiger partial charge in [-0.15, -0.1) is 6.58 Å². The molecule has 0 aromatic heterocycles. The van der Waals surface area contributed by atoms with Crippen molar-refractivity contribution in [1.82, 2.24) is 5.32 Å². The fourth-order valence-electron chi connectivity index (χ4n) is 3.90. The van der Waals surface area contributed by atoms with E-state index in [2.05, 4.69) is 27.8 Å². The van der Waals surface area contributed by atoms with Gasteiger partial charge in [-0.2, -0.15) is 0 Å². The van der Waals surface area contributed by atoms with Gasteiger partial charge in [-0.25, -0.2) is 14.1 Å². The average molecular weight is 563 g/mol. The van der Waals surface area contributed by atoms with E-state index in [9.17, 15) is 18.8 Å². The number of benzene rings is 3. The maximum absolute atomic E-state index is 13.2. The van der Waals surface area contributed by atoms with Gasteiger partial charge in [0.1, 0.15) is 23.7 Å². The molecule has 0 radical (unpaired) electrons. The largest absolute Gasteiger partial charge is 0.487 e. The van der Waals surface area contributed by atoms with Crippen LogP contribution in [0.2, 0.25) is 0 Å². The van der Waals surface area contributed by atoms with E-state index < -0.39 is 17.8 Å². The van der Waals surface area contributed by atoms with Gasteiger partial charge in [-0.3, -0.25) is 14.9 Å². The van der Waals surface area contributed by atoms with Gasteiger partial charge in [0, 0.05) is 0 Å². The van der Waals surface area contributed by atoms with Crippen molar-refractivity contribution in [1.29, 1.82) is 0 Å². The summed E-state index contributed by atoms with van der Waals surface area (Å²) in [5.41, 5.74) is 3.39. The van der Waals surface area contributed by atoms with Gasteiger partial charge in [-0.1, -0.05) is 37.3 Å². The maximum Gasteiger partial charge on any atom is 0.335 e. The number of ether oxygens (including phenoxy) is 1. The standard InChI is InChI=1S/C29H24BrFN2O4/c1-3-5-21-14-20(16-25(30)26(21)37-17-19-6-10-22(31)11-7-19)15-24-27(34)32-29(36)33(28(24)35)23-12-8-18(4-2)9-13-23/h3,6-16H,1,4-5,17H2,2H3,(H,32,34,36)/b24-15-. The Hall–Kier alpha value is -4.04. The molecular weight excluding hydrogens is 539 g/mol. The van der Waals surface area contributed by atoms with E-state index in [4.69, 9.17) is 4.74 Å². The van der Waals surface area contributed by atoms with Crippen LogP contribution in [0.4, 0.5) is 14.9 Å². The predicted molar refractivity (Wildman–Crippen MR) is 144 cm³/mol. The number of amides is 4. The lowest BCUT2D eigenvalue weighted by molar-refractivity contribution is -0.122. The Morgan fingerprint density at radius 3 is 2.35 bits per heavy atom. The van der Waals surface area contributed by atoms with Crippen LogP contribution in [-0.2, 0) is 29.0 Å². The number of barbiturate groups is 1. The summed E-state index contributed by atoms with van der Waals surface area (Å²) in [7, 11) is 0. The lowest BCUT2D eigenvalue weighted by Gasteiger charge is -2.26. The number of rotatable bonds is 8. The van der Waals surface area contributed by atoms with Crippen molar-refractivity contribution in [2.75, 3.05) is 4.90 Å². The Kier molecular flexibility index (Phi) is 7.98. The average Bonchev–Trinajstić information content (AvgIpc) is 2.87. The fraction of sp³-hybridized carbons (Fsp3) is 0.138. The Bertz CT molecular complexity index is 1400. The van der Waals surface area contributed by atoms with Crippen LogP contribution in [0.3, 0.4) is 0 Å². The van der Waals surface area contributed by atoms with E-state index in [1.165, 1.54) is 18.2 Å². The molecule has 4 rings (SSSR count). The second kappa shape index (κ2) is 11.3. The third kappa shape index (κ3) is 5.86. The minimum atomic E-state index is -0.797. The number of halogens is 2. The first-order valence-electron chi connectivity index (χ1n) is 11.6. The number of carbonyl (C=O) groups excluding carboxylic acids is 3. The molecule has 0 bridgehead atoms. The summed E-state index contributed by atoms with van der Waals surface area (Å²) in [6.07, 6.45) is 4.43. The number of nitrogens with zero attached hydrogens (tertiary/aromatic N) is 1. The molecule has 3 aromatic rings. The van der Waals surface area contributed by atoms with Gasteiger partial charge < -0.3 is 4.74 Å². The third-order valence-corrected chi connectivity index (χ3v) is 6.41. The number of urea groups is 1. The molecule has 1 fully saturated rings. The van der Waals surface area contributed by atoms with E-state index in [-0.39, 0.29) is 18.0 Å². The van der Waals surface area contributed by atoms with Crippen LogP contribution in [0.15, 0.2) is 83.4 Å². The molecule has 1 aliphatic heterocycles. The molecule has 0 atom stereocenters. The number of anilines is 1. The second-order valence-electron chi connectivity index (χ2n) is 8.38. The molecule has 8 heteroatoms. The minimum absolute atomic E-state index is 0.171. The van der Waals surface area contributed by atoms with Crippen LogP contribution in [0.1, 0.15) is 29.2 Å². The van der Waals surface area contributed by atoms with Crippen molar-refractivity contribution in [3.63, 3.8) is 0 Å². The van der Waals surface area contributed by atoms with Crippen LogP contribution < -0.4 is 15.0 Å². The minimum Gasteiger partial charge on any atom is -0.487 e. The second-order valence-corrected chi connectivity index (χ2v) is 9.23. The summed E-state index contributed by atoms with van der Waals surface area (Å²) in [6.45, 7) is 6.02. The molecule has 4 amide bonds. The molecule has 3 aromatic carbocycles. The molecule has 0 unspecified atom stereocenters. The highest BCUT2D eigenvalue weighted by atomic mass is 79.9. The molecule has 1 saturated heterocycles. The summed E-state index contributed by atoms with van der Waals surface area (Å²) in [5, 5.41) is 2.25. The SMILES string of the molecule is C=CCc1cc(/C=C2/C(=O)NC(=O)N(c3ccc(CC)cc3)C2=O)cc(Br)c1OCc1ccc(F)cc1. The van der Waals surface area contributed by atoms with Gasteiger partial charge in [0.25, 0.3) is 11.8 Å². The summed E-state index contributed by atoms with van der Waals surface area (Å²) < 4.78 is 19.8. The van der Waals surface area contributed by atoms with Crippen LogP contribution in [0.5, 0.6) is 5.75 Å². The molecule has 0 aliphatic carbocycles. The van der Waals surface area contributed by atoms with Crippen molar-refractivity contribution >= 4 is 45.5 Å². The highest BCUT2D eigenvalue weighted by Gasteiger charge is 2.36. The third-order valence-electron chi connectivity index (χ3n) is 5.82. The first-order valence-corrected chi connectivity index (χ1v) is 12.4. The molecule has 1 heterocycles. The zero-order chi connectivity index (χ0) is 26.5. The van der Waals surface area contributed by atoms with E-state index in [1.807, 2.05) is 19.1 Å². The summed E-state index contributed by atoms with van der Waals surface area (Å²) >= 11 is 3.52. The molecule has 1 aliphatic rings. The number of imide groups is 2. The number of nitrogens with one attached hydrogen (secondary N) is 1. The first-order chi connectivity index (χ1) is 17.8. The Morgan fingerprint density at radius 1 is 1.03 bits per heavy atom. The normalized spacial score (nSPS) is 14.6. The van der Waals surface area contributed by atoms with Gasteiger partial charge in [-0.05, 0) is 93.5 Å². The molecule has 0 saturated carbocycles. The summed E-state index contributed by atoms with van der Waals surface area (Å²) in [4.78, 5) is 39.3. The fourth-order valence-corrected chi connectivity index (χ4v) is 4.53. The molecular formula is C29H24BrFN2O4. The zero-order valence-electron chi connectivity index (χ0n) is 20.1. The Balaban J connectivity index is 1.64. The quantitative estimate of drug-likeness (QED) is 0.204. The van der Waals surface area contributed by atoms with Crippen LogP contribution in [0, 0.1) is 5.82 Å². The van der Waals surface area contributed by atoms with Gasteiger partial charge >= 0.3 is 6.03 Å². The summed E-state index contributed by atoms with van der Waals surface area (Å²) in [5.74, 6) is -1.24. The van der Waals surface area contributed by atoms with E-state index in [1.54, 1.807) is 42.5 Å². The Morgan fingerprint density at radius 2 is 1.70 bits per heavy atom. The van der Waals surface area contributed by atoms with Crippen LogP contribution >= 0.6 is 15.9 Å². The van der Waals surface area contributed by atoms with Crippen molar-refractivity contribution in [3.05, 3.63) is 111 Å². The van der Waals surface area contributed by atoms with Crippen molar-refractivity contribution in [3.8, 4) is 5.75 Å². The van der Waals surface area contributed by atoms with Gasteiger partial charge in [0.2, 0.25) is 0 Å². The smallest absolute Gasteiger partial charge is 0.335 e. The Labute approximate surface area is 222 Å². The molecule has 6 nitrogen and oxygen atoms in total. The molecule has 37 heavy (non-hydrogen) atoms. The lowest BCUT2D eigenvalue weighted by atomic mass is 10.0. The number of hydrogen-bond donors (Lipinski definition) is 1. The van der Waals surface area contributed by atoms with Gasteiger partial charge in [0.15, 0.2) is 0 Å².